The van der Waals surface area contributed by atoms with Gasteiger partial charge >= 0.3 is 12.0 Å². The molecular weight excluding hydrogens is 320 g/mol. The quantitative estimate of drug-likeness (QED) is 0.710. The maximum atomic E-state index is 12.1. The number of nitrogens with one attached hydrogen (secondary N) is 2. The molecule has 2 amide bonds. The van der Waals surface area contributed by atoms with Crippen molar-refractivity contribution in [2.24, 2.45) is 5.92 Å². The molecule has 0 aromatic heterocycles. The number of carbonyl (C=O) groups is 2. The van der Waals surface area contributed by atoms with E-state index in [0.717, 1.165) is 12.8 Å². The highest BCUT2D eigenvalue weighted by Gasteiger charge is 2.34. The van der Waals surface area contributed by atoms with E-state index in [1.807, 2.05) is 0 Å². The van der Waals surface area contributed by atoms with E-state index in [9.17, 15) is 18.0 Å². The second-order valence-corrected chi connectivity index (χ2v) is 9.03. The zero-order valence-electron chi connectivity index (χ0n) is 13.5. The number of amides is 2. The predicted molar refractivity (Wildman–Crippen MR) is 85.9 cm³/mol. The molecule has 0 bridgehead atoms. The van der Waals surface area contributed by atoms with Crippen molar-refractivity contribution in [2.45, 2.75) is 68.7 Å². The smallest absolute Gasteiger partial charge is 0.315 e. The molecule has 8 heteroatoms. The van der Waals surface area contributed by atoms with E-state index < -0.39 is 21.1 Å². The Morgan fingerprint density at radius 2 is 1.57 bits per heavy atom. The van der Waals surface area contributed by atoms with Crippen LogP contribution in [0.2, 0.25) is 0 Å². The van der Waals surface area contributed by atoms with Gasteiger partial charge in [0.05, 0.1) is 11.2 Å². The van der Waals surface area contributed by atoms with Gasteiger partial charge in [-0.05, 0) is 38.5 Å². The van der Waals surface area contributed by atoms with Crippen LogP contribution < -0.4 is 10.6 Å². The minimum absolute atomic E-state index is 0.0362. The first-order valence-electron chi connectivity index (χ1n) is 8.26. The lowest BCUT2D eigenvalue weighted by Crippen LogP contribution is -2.53. The molecule has 132 valence electrons. The number of aliphatic carboxylic acids is 1. The Kier molecular flexibility index (Phi) is 5.89. The van der Waals surface area contributed by atoms with Crippen LogP contribution in [0.15, 0.2) is 0 Å². The molecule has 23 heavy (non-hydrogen) atoms. The Balaban J connectivity index is 1.83. The monoisotopic (exact) mass is 346 g/mol. The normalized spacial score (nSPS) is 32.0. The van der Waals surface area contributed by atoms with E-state index in [1.54, 1.807) is 0 Å². The first-order valence-corrected chi connectivity index (χ1v) is 10.2. The zero-order chi connectivity index (χ0) is 17.0. The first kappa shape index (κ1) is 18.0. The molecule has 0 aliphatic heterocycles. The van der Waals surface area contributed by atoms with Gasteiger partial charge in [-0.25, -0.2) is 13.2 Å². The summed E-state index contributed by atoms with van der Waals surface area (Å²) in [6.07, 6.45) is 6.70. The molecule has 0 aromatic carbocycles. The minimum Gasteiger partial charge on any atom is -0.481 e. The Bertz CT molecular complexity index is 540. The molecule has 2 aliphatic carbocycles. The van der Waals surface area contributed by atoms with Crippen LogP contribution >= 0.6 is 0 Å². The summed E-state index contributed by atoms with van der Waals surface area (Å²) in [5.41, 5.74) is 0. The van der Waals surface area contributed by atoms with Crippen LogP contribution in [0.3, 0.4) is 0 Å². The van der Waals surface area contributed by atoms with Gasteiger partial charge in [-0.2, -0.15) is 0 Å². The average Bonchev–Trinajstić information content (AvgIpc) is 2.47. The number of carboxylic acids is 1. The fraction of sp³-hybridized carbons (Fsp3) is 0.867. The van der Waals surface area contributed by atoms with E-state index in [0.29, 0.717) is 38.5 Å². The predicted octanol–water partition coefficient (Wildman–Crippen LogP) is 1.28. The molecule has 0 heterocycles. The number of carbonyl (C=O) groups excluding carboxylic acids is 1. The molecule has 0 unspecified atom stereocenters. The van der Waals surface area contributed by atoms with Crippen LogP contribution in [0.4, 0.5) is 4.79 Å². The minimum atomic E-state index is -3.18. The van der Waals surface area contributed by atoms with Crippen LogP contribution in [0.25, 0.3) is 0 Å². The molecule has 2 fully saturated rings. The van der Waals surface area contributed by atoms with Crippen molar-refractivity contribution < 1.29 is 23.1 Å². The third kappa shape index (κ3) is 5.09. The summed E-state index contributed by atoms with van der Waals surface area (Å²) in [6.45, 7) is 0. The number of urea groups is 1. The lowest BCUT2D eigenvalue weighted by molar-refractivity contribution is -0.142. The molecule has 0 saturated heterocycles. The van der Waals surface area contributed by atoms with Crippen molar-refractivity contribution in [3.05, 3.63) is 0 Å². The van der Waals surface area contributed by atoms with Gasteiger partial charge in [0.2, 0.25) is 0 Å². The molecular formula is C15H26N2O5S. The Hall–Kier alpha value is -1.31. The van der Waals surface area contributed by atoms with Gasteiger partial charge in [0.1, 0.15) is 0 Å². The van der Waals surface area contributed by atoms with E-state index in [4.69, 9.17) is 5.11 Å². The molecule has 7 nitrogen and oxygen atoms in total. The van der Waals surface area contributed by atoms with Gasteiger partial charge in [0.15, 0.2) is 9.84 Å². The van der Waals surface area contributed by atoms with Gasteiger partial charge in [0, 0.05) is 18.3 Å². The molecule has 0 radical (unpaired) electrons. The standard InChI is InChI=1S/C15H26N2O5S/c1-23(21,22)13-5-3-2-4-12(13)17-15(20)16-11-8-6-10(7-9-11)14(18)19/h10-13H,2-9H2,1H3,(H,18,19)(H2,16,17,20)/t10?,11?,12-,13-/m1/s1. The van der Waals surface area contributed by atoms with Crippen LogP contribution in [0.5, 0.6) is 0 Å². The molecule has 2 atom stereocenters. The molecule has 2 rings (SSSR count). The fourth-order valence-electron chi connectivity index (χ4n) is 3.65. The Morgan fingerprint density at radius 1 is 0.957 bits per heavy atom. The summed E-state index contributed by atoms with van der Waals surface area (Å²) in [6, 6.07) is -0.718. The van der Waals surface area contributed by atoms with E-state index in [2.05, 4.69) is 10.6 Å². The fourth-order valence-corrected chi connectivity index (χ4v) is 5.05. The first-order chi connectivity index (χ1) is 10.8. The third-order valence-corrected chi connectivity index (χ3v) is 6.64. The maximum absolute atomic E-state index is 12.1. The summed E-state index contributed by atoms with van der Waals surface area (Å²) in [4.78, 5) is 23.1. The van der Waals surface area contributed by atoms with Gasteiger partial charge in [-0.15, -0.1) is 0 Å². The van der Waals surface area contributed by atoms with Gasteiger partial charge in [-0.1, -0.05) is 12.8 Å². The maximum Gasteiger partial charge on any atom is 0.315 e. The molecule has 0 aromatic rings. The summed E-state index contributed by atoms with van der Waals surface area (Å²) in [5, 5.41) is 14.1. The largest absolute Gasteiger partial charge is 0.481 e. The van der Waals surface area contributed by atoms with Crippen LogP contribution in [-0.4, -0.2) is 49.1 Å². The van der Waals surface area contributed by atoms with Crippen molar-refractivity contribution in [1.29, 1.82) is 0 Å². The molecule has 2 aliphatic rings. The van der Waals surface area contributed by atoms with Gasteiger partial charge < -0.3 is 15.7 Å². The third-order valence-electron chi connectivity index (χ3n) is 4.98. The highest BCUT2D eigenvalue weighted by molar-refractivity contribution is 7.91. The van der Waals surface area contributed by atoms with Gasteiger partial charge in [-0.3, -0.25) is 4.79 Å². The Labute approximate surface area is 137 Å². The van der Waals surface area contributed by atoms with Crippen molar-refractivity contribution in [3.63, 3.8) is 0 Å². The lowest BCUT2D eigenvalue weighted by Gasteiger charge is -2.32. The van der Waals surface area contributed by atoms with E-state index in [1.165, 1.54) is 6.26 Å². The van der Waals surface area contributed by atoms with Crippen molar-refractivity contribution in [1.82, 2.24) is 10.6 Å². The van der Waals surface area contributed by atoms with E-state index in [-0.39, 0.29) is 24.0 Å². The van der Waals surface area contributed by atoms with Gasteiger partial charge in [0.25, 0.3) is 0 Å². The number of hydrogen-bond acceptors (Lipinski definition) is 4. The summed E-state index contributed by atoms with van der Waals surface area (Å²) in [7, 11) is -3.18. The number of carboxylic acid groups (broad SMARTS) is 1. The van der Waals surface area contributed by atoms with Crippen molar-refractivity contribution in [3.8, 4) is 0 Å². The number of sulfone groups is 1. The topological polar surface area (TPSA) is 113 Å². The summed E-state index contributed by atoms with van der Waals surface area (Å²) < 4.78 is 23.7. The van der Waals surface area contributed by atoms with Crippen molar-refractivity contribution >= 4 is 21.8 Å². The lowest BCUT2D eigenvalue weighted by atomic mass is 9.86. The second-order valence-electron chi connectivity index (χ2n) is 6.76. The number of hydrogen-bond donors (Lipinski definition) is 3. The molecule has 3 N–H and O–H groups in total. The molecule has 0 spiro atoms. The highest BCUT2D eigenvalue weighted by atomic mass is 32.2. The van der Waals surface area contributed by atoms with Crippen LogP contribution in [0, 0.1) is 5.92 Å². The van der Waals surface area contributed by atoms with Crippen LogP contribution in [0.1, 0.15) is 51.4 Å². The van der Waals surface area contributed by atoms with E-state index >= 15 is 0 Å². The summed E-state index contributed by atoms with van der Waals surface area (Å²) in [5.74, 6) is -1.09. The molecule has 2 saturated carbocycles. The zero-order valence-corrected chi connectivity index (χ0v) is 14.3. The van der Waals surface area contributed by atoms with Crippen molar-refractivity contribution in [2.75, 3.05) is 6.26 Å². The number of rotatable bonds is 4. The Morgan fingerprint density at radius 3 is 2.13 bits per heavy atom. The SMILES string of the molecule is CS(=O)(=O)[C@@H]1CCCC[C@H]1NC(=O)NC1CCC(C(=O)O)CC1. The van der Waals surface area contributed by atoms with Crippen LogP contribution in [-0.2, 0) is 14.6 Å². The second kappa shape index (κ2) is 7.51. The average molecular weight is 346 g/mol. The summed E-state index contributed by atoms with van der Waals surface area (Å²) >= 11 is 0. The highest BCUT2D eigenvalue weighted by Crippen LogP contribution is 2.25.